The second-order valence-corrected chi connectivity index (χ2v) is 8.75. The fourth-order valence-electron chi connectivity index (χ4n) is 4.54. The number of carboxylic acids is 1. The Morgan fingerprint density at radius 2 is 1.82 bits per heavy atom. The van der Waals surface area contributed by atoms with E-state index in [4.69, 9.17) is 14.6 Å². The minimum atomic E-state index is -5.08. The van der Waals surface area contributed by atoms with Crippen molar-refractivity contribution in [2.75, 3.05) is 33.8 Å². The van der Waals surface area contributed by atoms with Crippen molar-refractivity contribution in [3.05, 3.63) is 48.0 Å². The highest BCUT2D eigenvalue weighted by molar-refractivity contribution is 5.85. The lowest BCUT2D eigenvalue weighted by Gasteiger charge is -2.36. The number of likely N-dealkylation sites (tertiary alicyclic amines) is 1. The van der Waals surface area contributed by atoms with Crippen molar-refractivity contribution in [3.8, 4) is 0 Å². The Morgan fingerprint density at radius 1 is 1.15 bits per heavy atom. The molecule has 2 aliphatic heterocycles. The Balaban J connectivity index is 0.000000383. The number of carbonyl (C=O) groups excluding carboxylic acids is 1. The van der Waals surface area contributed by atoms with Crippen LogP contribution in [0, 0.1) is 11.8 Å². The number of alkyl halides is 3. The van der Waals surface area contributed by atoms with Gasteiger partial charge in [-0.1, -0.05) is 42.5 Å². The average molecular weight is 467 g/mol. The van der Waals surface area contributed by atoms with E-state index in [1.54, 1.807) is 4.90 Å². The number of carboxylic acid groups (broad SMARTS) is 1. The number of aliphatic carboxylic acids is 1. The van der Waals surface area contributed by atoms with Crippen LogP contribution in [0.3, 0.4) is 0 Å². The molecule has 0 radical (unpaired) electrons. The van der Waals surface area contributed by atoms with E-state index < -0.39 is 12.1 Å². The predicted octanol–water partition coefficient (Wildman–Crippen LogP) is 3.79. The zero-order chi connectivity index (χ0) is 24.2. The van der Waals surface area contributed by atoms with Crippen LogP contribution in [-0.4, -0.2) is 72.9 Å². The highest BCUT2D eigenvalue weighted by atomic mass is 19.4. The summed E-state index contributed by atoms with van der Waals surface area (Å²) in [7, 11) is 3.64. The molecule has 2 aromatic rings. The number of ether oxygens (including phenoxy) is 1. The smallest absolute Gasteiger partial charge is 0.475 e. The van der Waals surface area contributed by atoms with E-state index in [-0.39, 0.29) is 12.0 Å². The summed E-state index contributed by atoms with van der Waals surface area (Å²) in [6.07, 6.45) is -3.33. The molecule has 4 rings (SSSR count). The van der Waals surface area contributed by atoms with E-state index in [1.165, 1.54) is 16.3 Å². The Kier molecular flexibility index (Phi) is 7.97. The topological polar surface area (TPSA) is 70.1 Å². The number of nitrogens with zero attached hydrogens (tertiary/aromatic N) is 2. The predicted molar refractivity (Wildman–Crippen MR) is 118 cm³/mol. The average Bonchev–Trinajstić information content (AvgIpc) is 3.15. The SMILES string of the molecule is CN(C)C(=O)C[C@H]1OC[C@H]2CN(Cc3cccc4ccccc34)CC[C@H]21.O=C(O)C(F)(F)F. The molecule has 33 heavy (non-hydrogen) atoms. The molecule has 0 unspecified atom stereocenters. The molecule has 0 aliphatic carbocycles. The number of fused-ring (bicyclic) bond motifs is 2. The van der Waals surface area contributed by atoms with E-state index in [0.29, 0.717) is 18.3 Å². The summed E-state index contributed by atoms with van der Waals surface area (Å²) in [5, 5.41) is 9.79. The largest absolute Gasteiger partial charge is 0.490 e. The summed E-state index contributed by atoms with van der Waals surface area (Å²) >= 11 is 0. The van der Waals surface area contributed by atoms with Crippen LogP contribution < -0.4 is 0 Å². The van der Waals surface area contributed by atoms with Crippen LogP contribution in [0.25, 0.3) is 10.8 Å². The Labute approximate surface area is 190 Å². The monoisotopic (exact) mass is 466 g/mol. The van der Waals surface area contributed by atoms with Crippen molar-refractivity contribution in [2.24, 2.45) is 11.8 Å². The molecule has 9 heteroatoms. The Morgan fingerprint density at radius 3 is 2.48 bits per heavy atom. The van der Waals surface area contributed by atoms with Gasteiger partial charge in [0.2, 0.25) is 5.91 Å². The molecule has 2 saturated heterocycles. The van der Waals surface area contributed by atoms with E-state index in [1.807, 2.05) is 14.1 Å². The maximum atomic E-state index is 12.0. The highest BCUT2D eigenvalue weighted by Gasteiger charge is 2.41. The number of benzene rings is 2. The number of hydrogen-bond acceptors (Lipinski definition) is 4. The summed E-state index contributed by atoms with van der Waals surface area (Å²) in [6, 6.07) is 15.2. The molecule has 2 aromatic carbocycles. The first kappa shape index (κ1) is 25.0. The van der Waals surface area contributed by atoms with E-state index in [2.05, 4.69) is 47.4 Å². The molecule has 0 aromatic heterocycles. The van der Waals surface area contributed by atoms with Crippen molar-refractivity contribution in [2.45, 2.75) is 31.7 Å². The normalized spacial score (nSPS) is 22.9. The number of amides is 1. The van der Waals surface area contributed by atoms with Crippen molar-refractivity contribution in [1.29, 1.82) is 0 Å². The van der Waals surface area contributed by atoms with Gasteiger partial charge in [0, 0.05) is 33.1 Å². The van der Waals surface area contributed by atoms with Crippen LogP contribution in [0.1, 0.15) is 18.4 Å². The molecule has 0 bridgehead atoms. The van der Waals surface area contributed by atoms with Gasteiger partial charge < -0.3 is 14.7 Å². The fraction of sp³-hybridized carbons (Fsp3) is 0.500. The zero-order valence-corrected chi connectivity index (χ0v) is 18.7. The molecule has 180 valence electrons. The van der Waals surface area contributed by atoms with E-state index in [0.717, 1.165) is 32.7 Å². The third-order valence-corrected chi connectivity index (χ3v) is 6.27. The van der Waals surface area contributed by atoms with Crippen molar-refractivity contribution in [3.63, 3.8) is 0 Å². The van der Waals surface area contributed by atoms with Gasteiger partial charge in [-0.05, 0) is 35.2 Å². The highest BCUT2D eigenvalue weighted by Crippen LogP contribution is 2.36. The van der Waals surface area contributed by atoms with Crippen LogP contribution in [0.4, 0.5) is 13.2 Å². The molecule has 1 amide bonds. The van der Waals surface area contributed by atoms with Gasteiger partial charge in [-0.25, -0.2) is 4.79 Å². The fourth-order valence-corrected chi connectivity index (χ4v) is 4.54. The van der Waals surface area contributed by atoms with Crippen molar-refractivity contribution >= 4 is 22.6 Å². The summed E-state index contributed by atoms with van der Waals surface area (Å²) in [6.45, 7) is 3.94. The molecule has 0 spiro atoms. The van der Waals surface area contributed by atoms with Gasteiger partial charge in [0.05, 0.1) is 19.1 Å². The van der Waals surface area contributed by atoms with E-state index >= 15 is 0 Å². The van der Waals surface area contributed by atoms with E-state index in [9.17, 15) is 18.0 Å². The first-order valence-corrected chi connectivity index (χ1v) is 10.9. The summed E-state index contributed by atoms with van der Waals surface area (Å²) in [5.41, 5.74) is 1.40. The van der Waals surface area contributed by atoms with Gasteiger partial charge in [-0.2, -0.15) is 13.2 Å². The third kappa shape index (κ3) is 6.45. The molecule has 3 atom stereocenters. The minimum absolute atomic E-state index is 0.106. The van der Waals surface area contributed by atoms with Crippen LogP contribution in [-0.2, 0) is 20.9 Å². The lowest BCUT2D eigenvalue weighted by atomic mass is 9.83. The second kappa shape index (κ2) is 10.5. The molecule has 2 fully saturated rings. The van der Waals surface area contributed by atoms with Gasteiger partial charge >= 0.3 is 12.1 Å². The minimum Gasteiger partial charge on any atom is -0.475 e. The van der Waals surface area contributed by atoms with Gasteiger partial charge in [0.1, 0.15) is 0 Å². The molecule has 2 heterocycles. The number of rotatable bonds is 4. The second-order valence-electron chi connectivity index (χ2n) is 8.75. The van der Waals surface area contributed by atoms with Crippen LogP contribution in [0.2, 0.25) is 0 Å². The molecule has 2 aliphatic rings. The molecule has 0 saturated carbocycles. The number of piperidine rings is 1. The van der Waals surface area contributed by atoms with Crippen LogP contribution in [0.5, 0.6) is 0 Å². The van der Waals surface area contributed by atoms with Gasteiger partial charge in [0.25, 0.3) is 0 Å². The van der Waals surface area contributed by atoms with Crippen molar-refractivity contribution < 1.29 is 32.6 Å². The Hall–Kier alpha value is -2.65. The van der Waals surface area contributed by atoms with Gasteiger partial charge in [-0.15, -0.1) is 0 Å². The molecule has 1 N–H and O–H groups in total. The molecular formula is C24H29F3N2O4. The molecular weight excluding hydrogens is 437 g/mol. The summed E-state index contributed by atoms with van der Waals surface area (Å²) in [5.74, 6) is -1.50. The molecule has 6 nitrogen and oxygen atoms in total. The maximum Gasteiger partial charge on any atom is 0.490 e. The zero-order valence-electron chi connectivity index (χ0n) is 18.7. The first-order valence-electron chi connectivity index (χ1n) is 10.9. The number of halogens is 3. The third-order valence-electron chi connectivity index (χ3n) is 6.27. The van der Waals surface area contributed by atoms with Crippen LogP contribution in [0.15, 0.2) is 42.5 Å². The van der Waals surface area contributed by atoms with Crippen molar-refractivity contribution in [1.82, 2.24) is 9.80 Å². The first-order chi connectivity index (χ1) is 15.6. The number of carbonyl (C=O) groups is 2. The van der Waals surface area contributed by atoms with Crippen LogP contribution >= 0.6 is 0 Å². The summed E-state index contributed by atoms with van der Waals surface area (Å²) in [4.78, 5) is 25.2. The maximum absolute atomic E-state index is 12.0. The lowest BCUT2D eigenvalue weighted by Crippen LogP contribution is -2.41. The van der Waals surface area contributed by atoms with Gasteiger partial charge in [0.15, 0.2) is 0 Å². The lowest BCUT2D eigenvalue weighted by molar-refractivity contribution is -0.192. The standard InChI is InChI=1S/C22H28N2O2.C2HF3O2/c1-23(2)22(25)12-21-20-10-11-24(14-18(20)15-26-21)13-17-8-5-7-16-6-3-4-9-19(16)17;3-2(4,5)1(6)7/h3-9,18,20-21H,10-15H2,1-2H3;(H,6,7)/t18-,20-,21-;/m1./s1. The van der Waals surface area contributed by atoms with Gasteiger partial charge in [-0.3, -0.25) is 9.69 Å². The number of hydrogen-bond donors (Lipinski definition) is 1. The summed E-state index contributed by atoms with van der Waals surface area (Å²) < 4.78 is 37.8. The Bertz CT molecular complexity index is 974. The quantitative estimate of drug-likeness (QED) is 0.743.